The maximum absolute atomic E-state index is 12.2. The maximum atomic E-state index is 12.2. The average molecular weight is 293 g/mol. The van der Waals surface area contributed by atoms with Crippen LogP contribution in [0.5, 0.6) is 0 Å². The van der Waals surface area contributed by atoms with Gasteiger partial charge in [-0.2, -0.15) is 0 Å². The van der Waals surface area contributed by atoms with Crippen molar-refractivity contribution in [3.05, 3.63) is 29.8 Å². The van der Waals surface area contributed by atoms with Gasteiger partial charge in [-0.1, -0.05) is 18.2 Å². The average Bonchev–Trinajstić information content (AvgIpc) is 2.48. The lowest BCUT2D eigenvalue weighted by molar-refractivity contribution is -0.136. The number of hydrogen-bond acceptors (Lipinski definition) is 5. The van der Waals surface area contributed by atoms with E-state index in [2.05, 4.69) is 0 Å². The van der Waals surface area contributed by atoms with Gasteiger partial charge in [-0.25, -0.2) is 0 Å². The molecule has 1 aliphatic heterocycles. The van der Waals surface area contributed by atoms with E-state index >= 15 is 0 Å². The largest absolute Gasteiger partial charge is 0.394 e. The smallest absolute Gasteiger partial charge is 0.229 e. The van der Waals surface area contributed by atoms with Gasteiger partial charge in [0.1, 0.15) is 6.10 Å². The first kappa shape index (κ1) is 15.6. The van der Waals surface area contributed by atoms with Gasteiger partial charge in [0.15, 0.2) is 12.0 Å². The molecule has 2 N–H and O–H groups in total. The highest BCUT2D eigenvalue weighted by molar-refractivity contribution is 6.02. The van der Waals surface area contributed by atoms with Crippen molar-refractivity contribution in [2.45, 2.75) is 32.1 Å². The summed E-state index contributed by atoms with van der Waals surface area (Å²) in [6.45, 7) is 0.655. The van der Waals surface area contributed by atoms with Crippen LogP contribution in [0, 0.1) is 0 Å². The molecule has 0 saturated heterocycles. The third kappa shape index (κ3) is 3.47. The molecule has 6 heteroatoms. The summed E-state index contributed by atoms with van der Waals surface area (Å²) in [5.74, 6) is -0.516. The highest BCUT2D eigenvalue weighted by Gasteiger charge is 2.33. The fraction of sp³-hybridized carbons (Fsp3) is 0.467. The zero-order valence-electron chi connectivity index (χ0n) is 11.9. The van der Waals surface area contributed by atoms with Crippen LogP contribution < -0.4 is 4.90 Å². The first-order valence-electron chi connectivity index (χ1n) is 6.85. The number of para-hydroxylation sites is 1. The van der Waals surface area contributed by atoms with Crippen molar-refractivity contribution in [3.8, 4) is 0 Å². The summed E-state index contributed by atoms with van der Waals surface area (Å²) >= 11 is 0. The van der Waals surface area contributed by atoms with Crippen LogP contribution in [0.15, 0.2) is 24.3 Å². The van der Waals surface area contributed by atoms with Crippen LogP contribution in [0.25, 0.3) is 0 Å². The molecule has 0 saturated carbocycles. The Balaban J connectivity index is 2.27. The van der Waals surface area contributed by atoms with Crippen LogP contribution in [0.4, 0.5) is 5.69 Å². The van der Waals surface area contributed by atoms with E-state index < -0.39 is 18.9 Å². The van der Waals surface area contributed by atoms with Crippen LogP contribution in [-0.4, -0.2) is 47.4 Å². The Kier molecular flexibility index (Phi) is 5.06. The van der Waals surface area contributed by atoms with Gasteiger partial charge in [0, 0.05) is 12.1 Å². The van der Waals surface area contributed by atoms with Gasteiger partial charge < -0.3 is 14.9 Å². The lowest BCUT2D eigenvalue weighted by atomic mass is 10.0. The Morgan fingerprint density at radius 3 is 2.76 bits per heavy atom. The number of anilines is 1. The van der Waals surface area contributed by atoms with E-state index in [0.717, 1.165) is 5.56 Å². The molecule has 0 fully saturated rings. The topological polar surface area (TPSA) is 87.1 Å². The summed E-state index contributed by atoms with van der Waals surface area (Å²) in [6.07, 6.45) is -1.22. The molecule has 1 aromatic carbocycles. The van der Waals surface area contributed by atoms with E-state index in [1.165, 1.54) is 11.8 Å². The number of aliphatic hydroxyl groups excluding tert-OH is 2. The fourth-order valence-electron chi connectivity index (χ4n) is 2.34. The first-order chi connectivity index (χ1) is 10.0. The zero-order chi connectivity index (χ0) is 15.4. The molecule has 0 aromatic heterocycles. The van der Waals surface area contributed by atoms with Crippen molar-refractivity contribution in [2.24, 2.45) is 0 Å². The van der Waals surface area contributed by atoms with Crippen LogP contribution in [0.1, 0.15) is 18.9 Å². The Bertz CT molecular complexity index is 531. The van der Waals surface area contributed by atoms with Crippen molar-refractivity contribution < 1.29 is 24.5 Å². The molecule has 1 amide bonds. The molecule has 2 rings (SSSR count). The monoisotopic (exact) mass is 293 g/mol. The van der Waals surface area contributed by atoms with Gasteiger partial charge in [-0.15, -0.1) is 0 Å². The molecular formula is C15H19NO5. The van der Waals surface area contributed by atoms with E-state index in [0.29, 0.717) is 18.5 Å². The molecule has 21 heavy (non-hydrogen) atoms. The minimum absolute atomic E-state index is 0.188. The lowest BCUT2D eigenvalue weighted by Crippen LogP contribution is -2.49. The zero-order valence-corrected chi connectivity index (χ0v) is 11.9. The molecule has 0 spiro atoms. The Morgan fingerprint density at radius 2 is 2.10 bits per heavy atom. The maximum Gasteiger partial charge on any atom is 0.229 e. The third-order valence-electron chi connectivity index (χ3n) is 3.37. The standard InChI is InChI=1S/C15H19NO5/c1-10(18)15(21-9-12(19)8-17)16-13-5-3-2-4-11(13)6-7-14(16)20/h2-5,12,15,17,19H,6-9H2,1H3/t12?,15-/m1/s1. The normalized spacial score (nSPS) is 17.3. The summed E-state index contributed by atoms with van der Waals surface area (Å²) in [7, 11) is 0. The minimum atomic E-state index is -1.08. The number of carbonyl (C=O) groups excluding carboxylic acids is 2. The molecule has 1 aromatic rings. The van der Waals surface area contributed by atoms with Crippen LogP contribution >= 0.6 is 0 Å². The van der Waals surface area contributed by atoms with Crippen molar-refractivity contribution >= 4 is 17.4 Å². The number of aliphatic hydroxyl groups is 2. The second-order valence-electron chi connectivity index (χ2n) is 5.03. The summed E-state index contributed by atoms with van der Waals surface area (Å²) in [6, 6.07) is 7.36. The predicted molar refractivity (Wildman–Crippen MR) is 75.8 cm³/mol. The molecule has 0 bridgehead atoms. The molecule has 0 radical (unpaired) electrons. The molecular weight excluding hydrogens is 274 g/mol. The highest BCUT2D eigenvalue weighted by atomic mass is 16.5. The van der Waals surface area contributed by atoms with Gasteiger partial charge in [0.05, 0.1) is 13.2 Å². The van der Waals surface area contributed by atoms with Crippen molar-refractivity contribution in [1.29, 1.82) is 0 Å². The summed E-state index contributed by atoms with van der Waals surface area (Å²) in [4.78, 5) is 25.4. The Morgan fingerprint density at radius 1 is 1.38 bits per heavy atom. The van der Waals surface area contributed by atoms with Gasteiger partial charge in [0.2, 0.25) is 5.91 Å². The van der Waals surface area contributed by atoms with Crippen molar-refractivity contribution in [1.82, 2.24) is 0 Å². The number of rotatable bonds is 6. The number of ether oxygens (including phenoxy) is 1. The Hall–Kier alpha value is -1.76. The number of aryl methyl sites for hydroxylation is 1. The molecule has 114 valence electrons. The first-order valence-corrected chi connectivity index (χ1v) is 6.85. The number of ketones is 1. The SMILES string of the molecule is CC(=O)[C@@H](OCC(O)CO)N1C(=O)CCc2ccccc21. The quantitative estimate of drug-likeness (QED) is 0.785. The second-order valence-corrected chi connectivity index (χ2v) is 5.03. The lowest BCUT2D eigenvalue weighted by Gasteiger charge is -2.34. The van der Waals surface area contributed by atoms with E-state index in [1.807, 2.05) is 12.1 Å². The number of amides is 1. The fourth-order valence-corrected chi connectivity index (χ4v) is 2.34. The predicted octanol–water partition coefficient (Wildman–Crippen LogP) is 0.251. The molecule has 2 atom stereocenters. The number of carbonyl (C=O) groups is 2. The summed E-state index contributed by atoms with van der Waals surface area (Å²) < 4.78 is 5.37. The van der Waals surface area contributed by atoms with Gasteiger partial charge >= 0.3 is 0 Å². The number of nitrogens with zero attached hydrogens (tertiary/aromatic N) is 1. The van der Waals surface area contributed by atoms with Crippen LogP contribution in [0.2, 0.25) is 0 Å². The molecule has 1 unspecified atom stereocenters. The van der Waals surface area contributed by atoms with Crippen molar-refractivity contribution in [2.75, 3.05) is 18.1 Å². The van der Waals surface area contributed by atoms with Crippen LogP contribution in [0.3, 0.4) is 0 Å². The minimum Gasteiger partial charge on any atom is -0.394 e. The highest BCUT2D eigenvalue weighted by Crippen LogP contribution is 2.29. The Labute approximate surface area is 122 Å². The number of hydrogen-bond donors (Lipinski definition) is 2. The van der Waals surface area contributed by atoms with Crippen LogP contribution in [-0.2, 0) is 20.7 Å². The third-order valence-corrected chi connectivity index (χ3v) is 3.37. The van der Waals surface area contributed by atoms with E-state index in [-0.39, 0.29) is 18.3 Å². The second kappa shape index (κ2) is 6.80. The number of benzene rings is 1. The molecule has 1 heterocycles. The van der Waals surface area contributed by atoms with E-state index in [1.54, 1.807) is 12.1 Å². The summed E-state index contributed by atoms with van der Waals surface area (Å²) in [5, 5.41) is 18.2. The van der Waals surface area contributed by atoms with Gasteiger partial charge in [-0.05, 0) is 25.0 Å². The van der Waals surface area contributed by atoms with Crippen molar-refractivity contribution in [3.63, 3.8) is 0 Å². The number of fused-ring (bicyclic) bond motifs is 1. The molecule has 6 nitrogen and oxygen atoms in total. The van der Waals surface area contributed by atoms with E-state index in [4.69, 9.17) is 9.84 Å². The van der Waals surface area contributed by atoms with E-state index in [9.17, 15) is 14.7 Å². The molecule has 1 aliphatic rings. The summed E-state index contributed by atoms with van der Waals surface area (Å²) in [5.41, 5.74) is 1.64. The van der Waals surface area contributed by atoms with Gasteiger partial charge in [-0.3, -0.25) is 14.5 Å². The van der Waals surface area contributed by atoms with Gasteiger partial charge in [0.25, 0.3) is 0 Å². The number of Topliss-reactive ketones (excluding diaryl/α,β-unsaturated/α-hetero) is 1. The molecule has 0 aliphatic carbocycles.